The van der Waals surface area contributed by atoms with E-state index in [0.29, 0.717) is 11.4 Å². The van der Waals surface area contributed by atoms with Gasteiger partial charge < -0.3 is 9.84 Å². The summed E-state index contributed by atoms with van der Waals surface area (Å²) in [4.78, 5) is 15.9. The van der Waals surface area contributed by atoms with Gasteiger partial charge in [-0.25, -0.2) is 4.98 Å². The van der Waals surface area contributed by atoms with Crippen LogP contribution in [-0.4, -0.2) is 23.2 Å². The van der Waals surface area contributed by atoms with Gasteiger partial charge in [0.15, 0.2) is 0 Å². The molecule has 0 saturated carbocycles. The number of nitrogens with zero attached hydrogens (tertiary/aromatic N) is 1. The highest BCUT2D eigenvalue weighted by atomic mass is 32.1. The van der Waals surface area contributed by atoms with Crippen molar-refractivity contribution in [3.63, 3.8) is 0 Å². The number of carbonyl (C=O) groups is 1. The van der Waals surface area contributed by atoms with Crippen LogP contribution in [-0.2, 0) is 9.53 Å². The van der Waals surface area contributed by atoms with Crippen molar-refractivity contribution in [2.24, 2.45) is 5.92 Å². The minimum Gasteiger partial charge on any atom is -0.469 e. The van der Waals surface area contributed by atoms with Gasteiger partial charge in [-0.05, 0) is 13.3 Å². The largest absolute Gasteiger partial charge is 0.469 e. The first-order valence-electron chi connectivity index (χ1n) is 5.78. The molecule has 0 radical (unpaired) electrons. The van der Waals surface area contributed by atoms with Crippen molar-refractivity contribution in [1.29, 1.82) is 0 Å². The molecule has 1 N–H and O–H groups in total. The molecule has 0 aliphatic carbocycles. The second-order valence-electron chi connectivity index (χ2n) is 4.04. The standard InChI is InChI=1S/C12H19NO3S/c1-4-5-6-9(12(15)16-3)10(14)11-13-8(2)7-17-11/h7,9-10,14H,4-6H2,1-3H3. The number of hydrogen-bond acceptors (Lipinski definition) is 5. The monoisotopic (exact) mass is 257 g/mol. The molecule has 0 amide bonds. The fourth-order valence-electron chi connectivity index (χ4n) is 1.66. The average molecular weight is 257 g/mol. The van der Waals surface area contributed by atoms with Crippen molar-refractivity contribution in [3.8, 4) is 0 Å². The molecule has 0 aromatic carbocycles. The van der Waals surface area contributed by atoms with Gasteiger partial charge in [0.05, 0.1) is 13.0 Å². The number of carbonyl (C=O) groups excluding carboxylic acids is 1. The molecule has 0 saturated heterocycles. The molecule has 1 aromatic rings. The van der Waals surface area contributed by atoms with Gasteiger partial charge in [-0.2, -0.15) is 0 Å². The zero-order chi connectivity index (χ0) is 12.8. The average Bonchev–Trinajstić information content (AvgIpc) is 2.75. The zero-order valence-electron chi connectivity index (χ0n) is 10.5. The van der Waals surface area contributed by atoms with Crippen LogP contribution in [0.15, 0.2) is 5.38 Å². The third-order valence-electron chi connectivity index (χ3n) is 2.64. The molecule has 0 fully saturated rings. The number of unbranched alkanes of at least 4 members (excludes halogenated alkanes) is 1. The Labute approximate surface area is 106 Å². The lowest BCUT2D eigenvalue weighted by molar-refractivity contribution is -0.150. The Bertz CT molecular complexity index is 364. The van der Waals surface area contributed by atoms with Crippen molar-refractivity contribution in [2.45, 2.75) is 39.2 Å². The number of rotatable bonds is 6. The summed E-state index contributed by atoms with van der Waals surface area (Å²) in [5, 5.41) is 12.6. The molecular formula is C12H19NO3S. The Hall–Kier alpha value is -0.940. The van der Waals surface area contributed by atoms with Crippen LogP contribution in [0.2, 0.25) is 0 Å². The summed E-state index contributed by atoms with van der Waals surface area (Å²) in [6.07, 6.45) is 1.65. The second-order valence-corrected chi connectivity index (χ2v) is 4.93. The highest BCUT2D eigenvalue weighted by molar-refractivity contribution is 7.09. The van der Waals surface area contributed by atoms with Crippen molar-refractivity contribution in [3.05, 3.63) is 16.1 Å². The number of esters is 1. The normalized spacial score (nSPS) is 14.4. The lowest BCUT2D eigenvalue weighted by Gasteiger charge is -2.18. The number of thiazole rings is 1. The lowest BCUT2D eigenvalue weighted by Crippen LogP contribution is -2.23. The number of ether oxygens (including phenoxy) is 1. The molecular weight excluding hydrogens is 238 g/mol. The minimum atomic E-state index is -0.854. The van der Waals surface area contributed by atoms with E-state index in [-0.39, 0.29) is 5.97 Å². The van der Waals surface area contributed by atoms with E-state index < -0.39 is 12.0 Å². The highest BCUT2D eigenvalue weighted by Gasteiger charge is 2.30. The Morgan fingerprint density at radius 1 is 1.65 bits per heavy atom. The van der Waals surface area contributed by atoms with E-state index >= 15 is 0 Å². The number of aliphatic hydroxyl groups is 1. The molecule has 1 aromatic heterocycles. The van der Waals surface area contributed by atoms with E-state index in [1.54, 1.807) is 0 Å². The van der Waals surface area contributed by atoms with Crippen LogP contribution in [0.5, 0.6) is 0 Å². The molecule has 1 rings (SSSR count). The van der Waals surface area contributed by atoms with Gasteiger partial charge in [-0.3, -0.25) is 4.79 Å². The number of aliphatic hydroxyl groups excluding tert-OH is 1. The van der Waals surface area contributed by atoms with Crippen LogP contribution < -0.4 is 0 Å². The molecule has 0 bridgehead atoms. The molecule has 4 nitrogen and oxygen atoms in total. The number of aromatic nitrogens is 1. The Morgan fingerprint density at radius 3 is 2.82 bits per heavy atom. The first-order valence-corrected chi connectivity index (χ1v) is 6.66. The fraction of sp³-hybridized carbons (Fsp3) is 0.667. The van der Waals surface area contributed by atoms with Crippen molar-refractivity contribution in [2.75, 3.05) is 7.11 Å². The minimum absolute atomic E-state index is 0.362. The van der Waals surface area contributed by atoms with Crippen molar-refractivity contribution in [1.82, 2.24) is 4.98 Å². The SMILES string of the molecule is CCCCC(C(=O)OC)C(O)c1nc(C)cs1. The van der Waals surface area contributed by atoms with Crippen molar-refractivity contribution >= 4 is 17.3 Å². The van der Waals surface area contributed by atoms with Gasteiger partial charge in [0.2, 0.25) is 0 Å². The number of methoxy groups -OCH3 is 1. The number of aryl methyl sites for hydroxylation is 1. The topological polar surface area (TPSA) is 59.4 Å². The van der Waals surface area contributed by atoms with Crippen LogP contribution in [0.25, 0.3) is 0 Å². The lowest BCUT2D eigenvalue weighted by atomic mass is 9.96. The summed E-state index contributed by atoms with van der Waals surface area (Å²) in [5.41, 5.74) is 0.864. The van der Waals surface area contributed by atoms with Crippen LogP contribution in [0.3, 0.4) is 0 Å². The first-order chi connectivity index (χ1) is 8.10. The second kappa shape index (κ2) is 6.71. The smallest absolute Gasteiger partial charge is 0.311 e. The van der Waals surface area contributed by atoms with E-state index in [2.05, 4.69) is 4.98 Å². The molecule has 17 heavy (non-hydrogen) atoms. The molecule has 0 aliphatic rings. The van der Waals surface area contributed by atoms with E-state index in [1.807, 2.05) is 19.2 Å². The molecule has 5 heteroatoms. The third-order valence-corrected chi connectivity index (χ3v) is 3.68. The third kappa shape index (κ3) is 3.78. The van der Waals surface area contributed by atoms with Crippen LogP contribution in [0, 0.1) is 12.8 Å². The Balaban J connectivity index is 2.78. The Morgan fingerprint density at radius 2 is 2.35 bits per heavy atom. The molecule has 2 unspecified atom stereocenters. The van der Waals surface area contributed by atoms with E-state index in [0.717, 1.165) is 18.5 Å². The molecule has 1 heterocycles. The van der Waals surface area contributed by atoms with Gasteiger partial charge in [0.1, 0.15) is 11.1 Å². The summed E-state index contributed by atoms with van der Waals surface area (Å²) in [6, 6.07) is 0. The summed E-state index contributed by atoms with van der Waals surface area (Å²) in [7, 11) is 1.35. The van der Waals surface area contributed by atoms with Crippen LogP contribution >= 0.6 is 11.3 Å². The summed E-state index contributed by atoms with van der Waals surface area (Å²) < 4.78 is 4.74. The molecule has 0 aliphatic heterocycles. The molecule has 0 spiro atoms. The van der Waals surface area contributed by atoms with E-state index in [9.17, 15) is 9.90 Å². The number of hydrogen-bond donors (Lipinski definition) is 1. The highest BCUT2D eigenvalue weighted by Crippen LogP contribution is 2.29. The Kier molecular flexibility index (Phi) is 5.58. The zero-order valence-corrected chi connectivity index (χ0v) is 11.3. The predicted octanol–water partition coefficient (Wildman–Crippen LogP) is 2.46. The summed E-state index contributed by atoms with van der Waals surface area (Å²) in [6.45, 7) is 3.92. The summed E-state index contributed by atoms with van der Waals surface area (Å²) in [5.74, 6) is -0.871. The van der Waals surface area contributed by atoms with Gasteiger partial charge in [-0.15, -0.1) is 11.3 Å². The fourth-order valence-corrected chi connectivity index (χ4v) is 2.50. The maximum absolute atomic E-state index is 11.6. The van der Waals surface area contributed by atoms with Gasteiger partial charge in [-0.1, -0.05) is 19.8 Å². The predicted molar refractivity (Wildman–Crippen MR) is 66.8 cm³/mol. The quantitative estimate of drug-likeness (QED) is 0.795. The van der Waals surface area contributed by atoms with E-state index in [1.165, 1.54) is 18.4 Å². The van der Waals surface area contributed by atoms with Gasteiger partial charge in [0, 0.05) is 11.1 Å². The summed E-state index contributed by atoms with van der Waals surface area (Å²) >= 11 is 1.38. The molecule has 2 atom stereocenters. The first kappa shape index (κ1) is 14.1. The van der Waals surface area contributed by atoms with Crippen LogP contribution in [0.1, 0.15) is 43.0 Å². The van der Waals surface area contributed by atoms with Gasteiger partial charge >= 0.3 is 5.97 Å². The van der Waals surface area contributed by atoms with Gasteiger partial charge in [0.25, 0.3) is 0 Å². The van der Waals surface area contributed by atoms with Crippen LogP contribution in [0.4, 0.5) is 0 Å². The maximum Gasteiger partial charge on any atom is 0.311 e. The van der Waals surface area contributed by atoms with Crippen molar-refractivity contribution < 1.29 is 14.6 Å². The maximum atomic E-state index is 11.6. The molecule has 96 valence electrons. The van der Waals surface area contributed by atoms with E-state index in [4.69, 9.17) is 4.74 Å².